The van der Waals surface area contributed by atoms with Gasteiger partial charge in [0.2, 0.25) is 5.91 Å². The summed E-state index contributed by atoms with van der Waals surface area (Å²) in [5, 5.41) is 3.37. The highest BCUT2D eigenvalue weighted by Crippen LogP contribution is 2.23. The maximum atomic E-state index is 12.1. The molecule has 6 nitrogen and oxygen atoms in total. The van der Waals surface area contributed by atoms with Gasteiger partial charge < -0.3 is 5.32 Å². The number of rotatable bonds is 5. The summed E-state index contributed by atoms with van der Waals surface area (Å²) in [7, 11) is 0. The zero-order chi connectivity index (χ0) is 17.1. The van der Waals surface area contributed by atoms with Gasteiger partial charge in [-0.05, 0) is 23.6 Å². The minimum absolute atomic E-state index is 0.189. The predicted octanol–water partition coefficient (Wildman–Crippen LogP) is 2.64. The van der Waals surface area contributed by atoms with E-state index in [9.17, 15) is 9.59 Å². The zero-order valence-electron chi connectivity index (χ0n) is 13.7. The van der Waals surface area contributed by atoms with E-state index >= 15 is 0 Å². The van der Waals surface area contributed by atoms with Crippen LogP contribution in [0.3, 0.4) is 0 Å². The molecule has 1 aromatic heterocycles. The lowest BCUT2D eigenvalue weighted by Crippen LogP contribution is -2.35. The fourth-order valence-electron chi connectivity index (χ4n) is 2.53. The Kier molecular flexibility index (Phi) is 4.89. The molecular formula is C17H20N4O2S. The van der Waals surface area contributed by atoms with Gasteiger partial charge >= 0.3 is 6.03 Å². The van der Waals surface area contributed by atoms with E-state index in [1.807, 2.05) is 10.8 Å². The molecule has 0 radical (unpaired) electrons. The number of imide groups is 1. The van der Waals surface area contributed by atoms with Gasteiger partial charge in [0.1, 0.15) is 0 Å². The Morgan fingerprint density at radius 3 is 2.71 bits per heavy atom. The predicted molar refractivity (Wildman–Crippen MR) is 93.5 cm³/mol. The lowest BCUT2D eigenvalue weighted by atomic mass is 10.0. The van der Waals surface area contributed by atoms with Gasteiger partial charge in [0.15, 0.2) is 5.16 Å². The van der Waals surface area contributed by atoms with Crippen LogP contribution in [0.15, 0.2) is 41.8 Å². The Morgan fingerprint density at radius 1 is 1.33 bits per heavy atom. The normalized spacial score (nSPS) is 14.3. The second-order valence-electron chi connectivity index (χ2n) is 5.89. The van der Waals surface area contributed by atoms with E-state index in [4.69, 9.17) is 0 Å². The molecular weight excluding hydrogens is 324 g/mol. The molecule has 2 heterocycles. The Labute approximate surface area is 145 Å². The molecule has 3 rings (SSSR count). The fraction of sp³-hybridized carbons (Fsp3) is 0.353. The number of thioether (sulfide) groups is 1. The number of amides is 3. The highest BCUT2D eigenvalue weighted by molar-refractivity contribution is 7.99. The first-order chi connectivity index (χ1) is 11.6. The van der Waals surface area contributed by atoms with E-state index < -0.39 is 0 Å². The van der Waals surface area contributed by atoms with E-state index in [0.717, 1.165) is 10.8 Å². The number of carbonyl (C=O) groups is 2. The quantitative estimate of drug-likeness (QED) is 0.847. The smallest absolute Gasteiger partial charge is 0.324 e. The third-order valence-electron chi connectivity index (χ3n) is 3.93. The molecule has 1 aromatic carbocycles. The monoisotopic (exact) mass is 344 g/mol. The van der Waals surface area contributed by atoms with Crippen molar-refractivity contribution in [3.8, 4) is 5.69 Å². The largest absolute Gasteiger partial charge is 0.336 e. The molecule has 2 aromatic rings. The number of aromatic nitrogens is 2. The van der Waals surface area contributed by atoms with Gasteiger partial charge in [-0.25, -0.2) is 9.78 Å². The Hall–Kier alpha value is -2.28. The number of benzene rings is 1. The Bertz CT molecular complexity index is 739. The molecule has 0 saturated carbocycles. The first-order valence-electron chi connectivity index (χ1n) is 7.91. The molecule has 7 heteroatoms. The van der Waals surface area contributed by atoms with Crippen molar-refractivity contribution in [3.05, 3.63) is 42.2 Å². The van der Waals surface area contributed by atoms with Crippen molar-refractivity contribution in [1.29, 1.82) is 0 Å². The van der Waals surface area contributed by atoms with Crippen molar-refractivity contribution in [3.63, 3.8) is 0 Å². The number of carbonyl (C=O) groups excluding carboxylic acids is 2. The summed E-state index contributed by atoms with van der Waals surface area (Å²) < 4.78 is 1.95. The van der Waals surface area contributed by atoms with Crippen LogP contribution in [0, 0.1) is 0 Å². The summed E-state index contributed by atoms with van der Waals surface area (Å²) in [6.45, 7) is 5.27. The van der Waals surface area contributed by atoms with Gasteiger partial charge in [-0.15, -0.1) is 0 Å². The zero-order valence-corrected chi connectivity index (χ0v) is 14.5. The Balaban J connectivity index is 1.69. The molecule has 1 fully saturated rings. The van der Waals surface area contributed by atoms with Crippen molar-refractivity contribution < 1.29 is 9.59 Å². The second-order valence-corrected chi connectivity index (χ2v) is 6.83. The number of nitrogens with one attached hydrogen (secondary N) is 1. The lowest BCUT2D eigenvalue weighted by Gasteiger charge is -2.12. The van der Waals surface area contributed by atoms with Crippen LogP contribution in [0.2, 0.25) is 0 Å². The fourth-order valence-corrected chi connectivity index (χ4v) is 3.38. The van der Waals surface area contributed by atoms with Crippen molar-refractivity contribution in [2.75, 3.05) is 18.8 Å². The van der Waals surface area contributed by atoms with Gasteiger partial charge in [-0.2, -0.15) is 0 Å². The number of imidazole rings is 1. The Morgan fingerprint density at radius 2 is 2.08 bits per heavy atom. The minimum Gasteiger partial charge on any atom is -0.336 e. The first kappa shape index (κ1) is 16.6. The van der Waals surface area contributed by atoms with Gasteiger partial charge in [0.05, 0.1) is 5.75 Å². The topological polar surface area (TPSA) is 67.2 Å². The minimum atomic E-state index is -0.312. The number of urea groups is 1. The van der Waals surface area contributed by atoms with Crippen LogP contribution in [0.25, 0.3) is 5.69 Å². The van der Waals surface area contributed by atoms with E-state index in [1.54, 1.807) is 6.20 Å². The van der Waals surface area contributed by atoms with Crippen molar-refractivity contribution in [1.82, 2.24) is 19.8 Å². The lowest BCUT2D eigenvalue weighted by molar-refractivity contribution is -0.124. The van der Waals surface area contributed by atoms with Gasteiger partial charge in [-0.3, -0.25) is 14.3 Å². The van der Waals surface area contributed by atoms with Crippen LogP contribution >= 0.6 is 11.8 Å². The summed E-state index contributed by atoms with van der Waals surface area (Å²) in [4.78, 5) is 29.2. The van der Waals surface area contributed by atoms with E-state index in [0.29, 0.717) is 19.0 Å². The van der Waals surface area contributed by atoms with Gasteiger partial charge in [-0.1, -0.05) is 37.7 Å². The first-order valence-corrected chi connectivity index (χ1v) is 8.89. The molecule has 0 bridgehead atoms. The molecule has 0 spiro atoms. The summed E-state index contributed by atoms with van der Waals surface area (Å²) >= 11 is 1.34. The molecule has 1 saturated heterocycles. The van der Waals surface area contributed by atoms with Crippen LogP contribution in [-0.4, -0.2) is 45.2 Å². The molecule has 1 aliphatic rings. The van der Waals surface area contributed by atoms with Crippen molar-refractivity contribution in [2.45, 2.75) is 24.9 Å². The molecule has 24 heavy (non-hydrogen) atoms. The maximum Gasteiger partial charge on any atom is 0.324 e. The SMILES string of the molecule is CC(C)c1ccc(-n2ccnc2SCC(=O)N2CCNC2=O)cc1. The third-order valence-corrected chi connectivity index (χ3v) is 4.88. The molecule has 0 atom stereocenters. The standard InChI is InChI=1S/C17H20N4O2S/c1-12(2)13-3-5-14(6-4-13)20-9-8-19-17(20)24-11-15(22)21-10-7-18-16(21)23/h3-6,8-9,12H,7,10-11H2,1-2H3,(H,18,23). The van der Waals surface area contributed by atoms with E-state index in [2.05, 4.69) is 48.4 Å². The number of hydrogen-bond donors (Lipinski definition) is 1. The van der Waals surface area contributed by atoms with Crippen LogP contribution in [-0.2, 0) is 4.79 Å². The van der Waals surface area contributed by atoms with Crippen molar-refractivity contribution >= 4 is 23.7 Å². The van der Waals surface area contributed by atoms with Gasteiger partial charge in [0, 0.05) is 31.2 Å². The molecule has 126 valence electrons. The molecule has 1 aliphatic heterocycles. The van der Waals surface area contributed by atoms with Crippen LogP contribution < -0.4 is 5.32 Å². The molecule has 1 N–H and O–H groups in total. The van der Waals surface area contributed by atoms with E-state index in [1.165, 1.54) is 22.2 Å². The number of nitrogens with zero attached hydrogens (tertiary/aromatic N) is 3. The second kappa shape index (κ2) is 7.09. The highest BCUT2D eigenvalue weighted by Gasteiger charge is 2.26. The summed E-state index contributed by atoms with van der Waals surface area (Å²) in [6, 6.07) is 8.00. The highest BCUT2D eigenvalue weighted by atomic mass is 32.2. The van der Waals surface area contributed by atoms with Crippen molar-refractivity contribution in [2.24, 2.45) is 0 Å². The van der Waals surface area contributed by atoms with E-state index in [-0.39, 0.29) is 17.7 Å². The summed E-state index contributed by atoms with van der Waals surface area (Å²) in [5.41, 5.74) is 2.29. The maximum absolute atomic E-state index is 12.1. The number of hydrogen-bond acceptors (Lipinski definition) is 4. The average Bonchev–Trinajstić information content (AvgIpc) is 3.21. The van der Waals surface area contributed by atoms with Crippen LogP contribution in [0.5, 0.6) is 0 Å². The molecule has 3 amide bonds. The van der Waals surface area contributed by atoms with Gasteiger partial charge in [0.25, 0.3) is 0 Å². The van der Waals surface area contributed by atoms with Crippen LogP contribution in [0.1, 0.15) is 25.3 Å². The van der Waals surface area contributed by atoms with Crippen LogP contribution in [0.4, 0.5) is 4.79 Å². The average molecular weight is 344 g/mol. The third kappa shape index (κ3) is 3.46. The summed E-state index contributed by atoms with van der Waals surface area (Å²) in [6.07, 6.45) is 3.59. The molecule has 0 aliphatic carbocycles. The molecule has 0 unspecified atom stereocenters. The summed E-state index contributed by atoms with van der Waals surface area (Å²) in [5.74, 6) is 0.480.